The summed E-state index contributed by atoms with van der Waals surface area (Å²) in [5.41, 5.74) is 1.38. The molecule has 0 radical (unpaired) electrons. The van der Waals surface area contributed by atoms with Crippen LogP contribution in [-0.2, 0) is 6.54 Å². The third kappa shape index (κ3) is 3.07. The molecule has 3 heterocycles. The van der Waals surface area contributed by atoms with E-state index in [1.165, 1.54) is 50.8 Å². The summed E-state index contributed by atoms with van der Waals surface area (Å²) in [6, 6.07) is 1.81. The average Bonchev–Trinajstić information content (AvgIpc) is 2.90. The fourth-order valence-electron chi connectivity index (χ4n) is 3.75. The number of aromatic nitrogens is 2. The highest BCUT2D eigenvalue weighted by atomic mass is 15.2. The molecule has 2 aliphatic rings. The second-order valence-corrected chi connectivity index (χ2v) is 6.65. The van der Waals surface area contributed by atoms with Gasteiger partial charge in [-0.25, -0.2) is 4.98 Å². The molecule has 20 heavy (non-hydrogen) atoms. The highest BCUT2D eigenvalue weighted by molar-refractivity contribution is 5.07. The number of likely N-dealkylation sites (N-methyl/N-ethyl adjacent to an activating group) is 1. The van der Waals surface area contributed by atoms with E-state index >= 15 is 0 Å². The van der Waals surface area contributed by atoms with Crippen molar-refractivity contribution in [1.82, 2.24) is 19.8 Å². The van der Waals surface area contributed by atoms with E-state index in [1.807, 2.05) is 6.33 Å². The average molecular weight is 276 g/mol. The van der Waals surface area contributed by atoms with Gasteiger partial charge in [-0.05, 0) is 52.6 Å². The summed E-state index contributed by atoms with van der Waals surface area (Å²) >= 11 is 0. The van der Waals surface area contributed by atoms with Gasteiger partial charge in [0.2, 0.25) is 0 Å². The number of nitrogens with zero attached hydrogens (tertiary/aromatic N) is 3. The van der Waals surface area contributed by atoms with Crippen LogP contribution in [0.5, 0.6) is 0 Å². The maximum atomic E-state index is 4.42. The number of hydrogen-bond acceptors (Lipinski definition) is 3. The molecule has 0 aromatic carbocycles. The van der Waals surface area contributed by atoms with Crippen LogP contribution in [0.1, 0.15) is 57.2 Å². The van der Waals surface area contributed by atoms with Gasteiger partial charge >= 0.3 is 0 Å². The third-order valence-electron chi connectivity index (χ3n) is 5.05. The zero-order chi connectivity index (χ0) is 13.9. The van der Waals surface area contributed by atoms with Crippen molar-refractivity contribution < 1.29 is 0 Å². The van der Waals surface area contributed by atoms with Crippen LogP contribution in [0, 0.1) is 0 Å². The lowest BCUT2D eigenvalue weighted by molar-refractivity contribution is 0.165. The molecule has 112 valence electrons. The van der Waals surface area contributed by atoms with Crippen LogP contribution in [0.2, 0.25) is 0 Å². The summed E-state index contributed by atoms with van der Waals surface area (Å²) in [6.45, 7) is 4.63. The van der Waals surface area contributed by atoms with E-state index in [2.05, 4.69) is 39.9 Å². The predicted octanol–water partition coefficient (Wildman–Crippen LogP) is 2.57. The normalized spacial score (nSPS) is 32.4. The Hall–Kier alpha value is -0.870. The Morgan fingerprint density at radius 3 is 2.95 bits per heavy atom. The van der Waals surface area contributed by atoms with Crippen LogP contribution in [0.15, 0.2) is 12.5 Å². The van der Waals surface area contributed by atoms with Crippen molar-refractivity contribution in [3.05, 3.63) is 18.2 Å². The van der Waals surface area contributed by atoms with Gasteiger partial charge < -0.3 is 14.8 Å². The Kier molecular flexibility index (Phi) is 4.41. The highest BCUT2D eigenvalue weighted by Crippen LogP contribution is 2.26. The second kappa shape index (κ2) is 6.27. The molecule has 3 rings (SSSR count). The first kappa shape index (κ1) is 14.1. The van der Waals surface area contributed by atoms with E-state index in [0.29, 0.717) is 18.1 Å². The van der Waals surface area contributed by atoms with Crippen molar-refractivity contribution in [1.29, 1.82) is 0 Å². The van der Waals surface area contributed by atoms with Crippen molar-refractivity contribution in [2.45, 2.75) is 70.1 Å². The van der Waals surface area contributed by atoms with Crippen LogP contribution in [0.4, 0.5) is 0 Å². The molecule has 0 spiro atoms. The summed E-state index contributed by atoms with van der Waals surface area (Å²) in [7, 11) is 2.27. The molecule has 2 saturated heterocycles. The maximum Gasteiger partial charge on any atom is 0.0949 e. The van der Waals surface area contributed by atoms with E-state index in [0.717, 1.165) is 6.54 Å². The summed E-state index contributed by atoms with van der Waals surface area (Å²) < 4.78 is 2.39. The SMILES string of the molecule is CC1CCCC(c2cncn2CC2CCCCN2C)N1. The van der Waals surface area contributed by atoms with E-state index in [9.17, 15) is 0 Å². The van der Waals surface area contributed by atoms with E-state index < -0.39 is 0 Å². The Morgan fingerprint density at radius 2 is 2.15 bits per heavy atom. The molecule has 4 heteroatoms. The monoisotopic (exact) mass is 276 g/mol. The second-order valence-electron chi connectivity index (χ2n) is 6.65. The third-order valence-corrected chi connectivity index (χ3v) is 5.05. The summed E-state index contributed by atoms with van der Waals surface area (Å²) in [5.74, 6) is 0. The molecule has 2 aliphatic heterocycles. The molecule has 3 unspecified atom stereocenters. The number of piperidine rings is 2. The molecule has 1 aromatic rings. The zero-order valence-corrected chi connectivity index (χ0v) is 12.9. The van der Waals surface area contributed by atoms with Crippen LogP contribution < -0.4 is 5.32 Å². The Morgan fingerprint density at radius 1 is 1.25 bits per heavy atom. The van der Waals surface area contributed by atoms with Crippen molar-refractivity contribution >= 4 is 0 Å². The van der Waals surface area contributed by atoms with Gasteiger partial charge in [0.15, 0.2) is 0 Å². The molecule has 1 aromatic heterocycles. The first-order valence-corrected chi connectivity index (χ1v) is 8.20. The van der Waals surface area contributed by atoms with E-state index in [1.54, 1.807) is 0 Å². The number of likely N-dealkylation sites (tertiary alicyclic amines) is 1. The van der Waals surface area contributed by atoms with Crippen LogP contribution in [-0.4, -0.2) is 40.1 Å². The Bertz CT molecular complexity index is 428. The smallest absolute Gasteiger partial charge is 0.0949 e. The first-order valence-electron chi connectivity index (χ1n) is 8.20. The molecule has 0 aliphatic carbocycles. The molecule has 2 fully saturated rings. The summed E-state index contributed by atoms with van der Waals surface area (Å²) in [4.78, 5) is 6.94. The van der Waals surface area contributed by atoms with Gasteiger partial charge in [-0.1, -0.05) is 6.42 Å². The number of nitrogens with one attached hydrogen (secondary N) is 1. The highest BCUT2D eigenvalue weighted by Gasteiger charge is 2.24. The minimum Gasteiger partial charge on any atom is -0.332 e. The first-order chi connectivity index (χ1) is 9.74. The van der Waals surface area contributed by atoms with Crippen LogP contribution in [0.3, 0.4) is 0 Å². The number of rotatable bonds is 3. The minimum absolute atomic E-state index is 0.496. The lowest BCUT2D eigenvalue weighted by Gasteiger charge is -2.34. The quantitative estimate of drug-likeness (QED) is 0.921. The molecule has 4 nitrogen and oxygen atoms in total. The number of imidazole rings is 1. The Labute approximate surface area is 122 Å². The topological polar surface area (TPSA) is 33.1 Å². The zero-order valence-electron chi connectivity index (χ0n) is 12.9. The van der Waals surface area contributed by atoms with Crippen molar-refractivity contribution in [2.24, 2.45) is 0 Å². The Balaban J connectivity index is 1.69. The lowest BCUT2D eigenvalue weighted by Crippen LogP contribution is -2.40. The molecule has 1 N–H and O–H groups in total. The van der Waals surface area contributed by atoms with Crippen molar-refractivity contribution in [2.75, 3.05) is 13.6 Å². The van der Waals surface area contributed by atoms with Crippen LogP contribution in [0.25, 0.3) is 0 Å². The minimum atomic E-state index is 0.496. The van der Waals surface area contributed by atoms with E-state index in [4.69, 9.17) is 0 Å². The van der Waals surface area contributed by atoms with Crippen LogP contribution >= 0.6 is 0 Å². The van der Waals surface area contributed by atoms with Gasteiger partial charge in [-0.15, -0.1) is 0 Å². The summed E-state index contributed by atoms with van der Waals surface area (Å²) in [5, 5.41) is 3.73. The summed E-state index contributed by atoms with van der Waals surface area (Å²) in [6.07, 6.45) is 12.0. The standard InChI is InChI=1S/C16H28N4/c1-13-6-5-8-15(18-13)16-10-17-12-20(16)11-14-7-3-4-9-19(14)2/h10,12-15,18H,3-9,11H2,1-2H3. The van der Waals surface area contributed by atoms with Gasteiger partial charge in [0.25, 0.3) is 0 Å². The number of hydrogen-bond donors (Lipinski definition) is 1. The molecule has 0 bridgehead atoms. The largest absolute Gasteiger partial charge is 0.332 e. The van der Waals surface area contributed by atoms with E-state index in [-0.39, 0.29) is 0 Å². The van der Waals surface area contributed by atoms with Gasteiger partial charge in [-0.2, -0.15) is 0 Å². The molecule has 0 saturated carbocycles. The molecular weight excluding hydrogens is 248 g/mol. The fraction of sp³-hybridized carbons (Fsp3) is 0.812. The van der Waals surface area contributed by atoms with Crippen molar-refractivity contribution in [3.8, 4) is 0 Å². The molecule has 0 amide bonds. The predicted molar refractivity (Wildman–Crippen MR) is 81.7 cm³/mol. The maximum absolute atomic E-state index is 4.42. The van der Waals surface area contributed by atoms with Gasteiger partial charge in [0.1, 0.15) is 0 Å². The van der Waals surface area contributed by atoms with Gasteiger partial charge in [0.05, 0.1) is 12.0 Å². The van der Waals surface area contributed by atoms with Gasteiger partial charge in [-0.3, -0.25) is 0 Å². The molecular formula is C16H28N4. The van der Waals surface area contributed by atoms with Crippen molar-refractivity contribution in [3.63, 3.8) is 0 Å². The molecule has 3 atom stereocenters. The fourth-order valence-corrected chi connectivity index (χ4v) is 3.75. The van der Waals surface area contributed by atoms with Gasteiger partial charge in [0, 0.05) is 30.9 Å². The lowest BCUT2D eigenvalue weighted by atomic mass is 9.97.